The zero-order chi connectivity index (χ0) is 16.6. The van der Waals surface area contributed by atoms with E-state index in [1.165, 1.54) is 32.2 Å². The quantitative estimate of drug-likeness (QED) is 0.562. The smallest absolute Gasteiger partial charge is 0.137 e. The Labute approximate surface area is 150 Å². The number of fused-ring (bicyclic) bond motifs is 2. The van der Waals surface area contributed by atoms with Gasteiger partial charge in [-0.25, -0.2) is 4.98 Å². The number of aromatic amines is 1. The number of benzene rings is 1. The molecule has 4 heteroatoms. The minimum absolute atomic E-state index is 0.977. The maximum Gasteiger partial charge on any atom is 0.137 e. The predicted molar refractivity (Wildman–Crippen MR) is 106 cm³/mol. The summed E-state index contributed by atoms with van der Waals surface area (Å²) in [6.45, 7) is 3.14. The second-order valence-electron chi connectivity index (χ2n) is 6.57. The molecule has 0 fully saturated rings. The summed E-state index contributed by atoms with van der Waals surface area (Å²) in [5, 5.41) is 4.95. The highest BCUT2D eigenvalue weighted by Crippen LogP contribution is 2.30. The van der Waals surface area contributed by atoms with E-state index in [9.17, 15) is 0 Å². The molecule has 0 unspecified atom stereocenters. The first-order valence-electron chi connectivity index (χ1n) is 8.67. The van der Waals surface area contributed by atoms with Gasteiger partial charge >= 0.3 is 0 Å². The molecule has 0 radical (unpaired) electrons. The SMILES string of the molecule is C1=C(c2c[nH]c3ncccc23)CCN(Cc2csc3ccccc23)C1. The van der Waals surface area contributed by atoms with E-state index in [0.717, 1.165) is 31.7 Å². The van der Waals surface area contributed by atoms with Gasteiger partial charge in [-0.1, -0.05) is 24.3 Å². The highest BCUT2D eigenvalue weighted by Gasteiger charge is 2.17. The molecule has 1 aliphatic heterocycles. The Kier molecular flexibility index (Phi) is 3.65. The Bertz CT molecular complexity index is 1070. The maximum atomic E-state index is 4.40. The summed E-state index contributed by atoms with van der Waals surface area (Å²) in [5.74, 6) is 0. The van der Waals surface area contributed by atoms with Crippen molar-refractivity contribution < 1.29 is 0 Å². The summed E-state index contributed by atoms with van der Waals surface area (Å²) in [4.78, 5) is 10.2. The minimum atomic E-state index is 0.977. The predicted octanol–water partition coefficient (Wildman–Crippen LogP) is 5.07. The number of hydrogen-bond acceptors (Lipinski definition) is 3. The molecule has 25 heavy (non-hydrogen) atoms. The molecular formula is C21H19N3S. The van der Waals surface area contributed by atoms with Crippen molar-refractivity contribution in [1.29, 1.82) is 0 Å². The van der Waals surface area contributed by atoms with E-state index in [1.807, 2.05) is 23.6 Å². The van der Waals surface area contributed by atoms with Crippen LogP contribution in [0, 0.1) is 0 Å². The molecule has 4 aromatic rings. The van der Waals surface area contributed by atoms with Crippen molar-refractivity contribution >= 4 is 38.0 Å². The van der Waals surface area contributed by atoms with Crippen LogP contribution in [0.1, 0.15) is 17.5 Å². The van der Waals surface area contributed by atoms with Gasteiger partial charge in [-0.3, -0.25) is 4.90 Å². The lowest BCUT2D eigenvalue weighted by Gasteiger charge is -2.26. The van der Waals surface area contributed by atoms with Gasteiger partial charge in [0, 0.05) is 47.7 Å². The molecule has 0 aliphatic carbocycles. The van der Waals surface area contributed by atoms with Crippen LogP contribution in [0.2, 0.25) is 0 Å². The first-order valence-corrected chi connectivity index (χ1v) is 9.55. The van der Waals surface area contributed by atoms with Crippen molar-refractivity contribution in [2.45, 2.75) is 13.0 Å². The van der Waals surface area contributed by atoms with Crippen LogP contribution < -0.4 is 0 Å². The van der Waals surface area contributed by atoms with Crippen molar-refractivity contribution in [2.24, 2.45) is 0 Å². The molecule has 0 atom stereocenters. The largest absolute Gasteiger partial charge is 0.346 e. The number of pyridine rings is 1. The fraction of sp³-hybridized carbons (Fsp3) is 0.190. The van der Waals surface area contributed by atoms with E-state index in [1.54, 1.807) is 0 Å². The van der Waals surface area contributed by atoms with Crippen LogP contribution >= 0.6 is 11.3 Å². The summed E-state index contributed by atoms with van der Waals surface area (Å²) in [6, 6.07) is 12.9. The molecular weight excluding hydrogens is 326 g/mol. The van der Waals surface area contributed by atoms with Gasteiger partial charge in [0.05, 0.1) is 0 Å². The average Bonchev–Trinajstić information content (AvgIpc) is 3.27. The van der Waals surface area contributed by atoms with Gasteiger partial charge in [0.15, 0.2) is 0 Å². The molecule has 4 heterocycles. The number of hydrogen-bond donors (Lipinski definition) is 1. The van der Waals surface area contributed by atoms with Crippen LogP contribution in [0.25, 0.3) is 26.7 Å². The van der Waals surface area contributed by atoms with Crippen LogP contribution in [0.5, 0.6) is 0 Å². The van der Waals surface area contributed by atoms with E-state index in [0.29, 0.717) is 0 Å². The van der Waals surface area contributed by atoms with Gasteiger partial charge in [0.2, 0.25) is 0 Å². The number of H-pyrrole nitrogens is 1. The Morgan fingerprint density at radius 2 is 2.04 bits per heavy atom. The highest BCUT2D eigenvalue weighted by molar-refractivity contribution is 7.17. The molecule has 124 valence electrons. The Hall–Kier alpha value is -2.43. The summed E-state index contributed by atoms with van der Waals surface area (Å²) in [7, 11) is 0. The molecule has 1 aromatic carbocycles. The molecule has 3 aromatic heterocycles. The monoisotopic (exact) mass is 345 g/mol. The zero-order valence-electron chi connectivity index (χ0n) is 13.9. The summed E-state index contributed by atoms with van der Waals surface area (Å²) < 4.78 is 1.39. The number of rotatable bonds is 3. The van der Waals surface area contributed by atoms with Crippen molar-refractivity contribution in [2.75, 3.05) is 13.1 Å². The van der Waals surface area contributed by atoms with E-state index in [4.69, 9.17) is 0 Å². The third-order valence-corrected chi connectivity index (χ3v) is 6.06. The molecule has 5 rings (SSSR count). The summed E-state index contributed by atoms with van der Waals surface area (Å²) in [6.07, 6.45) is 7.41. The minimum Gasteiger partial charge on any atom is -0.346 e. The zero-order valence-corrected chi connectivity index (χ0v) is 14.7. The second-order valence-corrected chi connectivity index (χ2v) is 7.48. The maximum absolute atomic E-state index is 4.40. The van der Waals surface area contributed by atoms with Crippen LogP contribution in [0.3, 0.4) is 0 Å². The topological polar surface area (TPSA) is 31.9 Å². The number of aromatic nitrogens is 2. The molecule has 3 nitrogen and oxygen atoms in total. The number of thiophene rings is 1. The van der Waals surface area contributed by atoms with Crippen molar-refractivity contribution in [3.05, 3.63) is 71.4 Å². The van der Waals surface area contributed by atoms with E-state index in [-0.39, 0.29) is 0 Å². The molecule has 0 spiro atoms. The Morgan fingerprint density at radius 3 is 2.96 bits per heavy atom. The third-order valence-electron chi connectivity index (χ3n) is 5.05. The fourth-order valence-electron chi connectivity index (χ4n) is 3.72. The van der Waals surface area contributed by atoms with E-state index >= 15 is 0 Å². The molecule has 1 aliphatic rings. The van der Waals surface area contributed by atoms with Gasteiger partial charge in [-0.05, 0) is 46.5 Å². The fourth-order valence-corrected chi connectivity index (χ4v) is 4.67. The second kappa shape index (κ2) is 6.14. The highest BCUT2D eigenvalue weighted by atomic mass is 32.1. The van der Waals surface area contributed by atoms with Crippen LogP contribution in [-0.2, 0) is 6.54 Å². The molecule has 0 bridgehead atoms. The van der Waals surface area contributed by atoms with Crippen molar-refractivity contribution in [3.63, 3.8) is 0 Å². The van der Waals surface area contributed by atoms with Crippen LogP contribution in [0.15, 0.2) is 60.2 Å². The van der Waals surface area contributed by atoms with Crippen molar-refractivity contribution in [3.8, 4) is 0 Å². The molecule has 1 N–H and O–H groups in total. The third kappa shape index (κ3) is 2.68. The molecule has 0 saturated carbocycles. The van der Waals surface area contributed by atoms with Gasteiger partial charge in [0.25, 0.3) is 0 Å². The standard InChI is InChI=1S/C21H19N3S/c1-2-6-20-17(4-1)16(14-25-20)13-24-10-7-15(8-11-24)19-12-23-21-18(19)5-3-9-22-21/h1-7,9,12,14H,8,10-11,13H2,(H,22,23). The van der Waals surface area contributed by atoms with Gasteiger partial charge in [-0.15, -0.1) is 11.3 Å². The van der Waals surface area contributed by atoms with E-state index < -0.39 is 0 Å². The van der Waals surface area contributed by atoms with Crippen molar-refractivity contribution in [1.82, 2.24) is 14.9 Å². The van der Waals surface area contributed by atoms with Crippen LogP contribution in [0.4, 0.5) is 0 Å². The lowest BCUT2D eigenvalue weighted by atomic mass is 9.99. The van der Waals surface area contributed by atoms with Gasteiger partial charge < -0.3 is 4.98 Å². The number of nitrogens with one attached hydrogen (secondary N) is 1. The van der Waals surface area contributed by atoms with Gasteiger partial charge in [0.1, 0.15) is 5.65 Å². The lowest BCUT2D eigenvalue weighted by Crippen LogP contribution is -2.27. The van der Waals surface area contributed by atoms with Gasteiger partial charge in [-0.2, -0.15) is 0 Å². The van der Waals surface area contributed by atoms with E-state index in [2.05, 4.69) is 62.9 Å². The normalized spacial score (nSPS) is 15.8. The average molecular weight is 345 g/mol. The van der Waals surface area contributed by atoms with Crippen LogP contribution in [-0.4, -0.2) is 28.0 Å². The first kappa shape index (κ1) is 14.9. The number of nitrogens with zero attached hydrogens (tertiary/aromatic N) is 2. The summed E-state index contributed by atoms with van der Waals surface area (Å²) in [5.41, 5.74) is 5.17. The molecule has 0 saturated heterocycles. The Morgan fingerprint density at radius 1 is 1.12 bits per heavy atom. The Balaban J connectivity index is 1.37. The lowest BCUT2D eigenvalue weighted by molar-refractivity contribution is 0.295. The molecule has 0 amide bonds. The summed E-state index contributed by atoms with van der Waals surface area (Å²) >= 11 is 1.85. The first-order chi connectivity index (χ1) is 12.4.